The summed E-state index contributed by atoms with van der Waals surface area (Å²) in [5.41, 5.74) is 1.16. The largest absolute Gasteiger partial charge is 0.338 e. The molecule has 0 fully saturated rings. The zero-order valence-electron chi connectivity index (χ0n) is 13.6. The number of aromatic nitrogens is 2. The van der Waals surface area contributed by atoms with E-state index in [1.54, 1.807) is 11.3 Å². The molecule has 0 aromatic carbocycles. The van der Waals surface area contributed by atoms with Crippen LogP contribution in [0.25, 0.3) is 0 Å². The molecule has 5 nitrogen and oxygen atoms in total. The topological polar surface area (TPSA) is 66.1 Å². The average molecular weight is 351 g/mol. The number of amides is 1. The van der Waals surface area contributed by atoms with Crippen molar-refractivity contribution in [2.75, 3.05) is 12.8 Å². The van der Waals surface area contributed by atoms with Gasteiger partial charge in [0.2, 0.25) is 5.91 Å². The van der Waals surface area contributed by atoms with Crippen LogP contribution in [0.1, 0.15) is 29.5 Å². The summed E-state index contributed by atoms with van der Waals surface area (Å²) in [4.78, 5) is 34.6. The van der Waals surface area contributed by atoms with Crippen molar-refractivity contribution in [1.29, 1.82) is 0 Å². The van der Waals surface area contributed by atoms with Crippen LogP contribution in [0, 0.1) is 6.92 Å². The molecule has 2 heterocycles. The molecular formula is C16H21N3O2S2. The highest BCUT2D eigenvalue weighted by molar-refractivity contribution is 7.98. The molecule has 0 aliphatic rings. The Hall–Kier alpha value is -1.60. The van der Waals surface area contributed by atoms with Crippen LogP contribution in [-0.4, -0.2) is 33.6 Å². The van der Waals surface area contributed by atoms with Crippen molar-refractivity contribution in [3.05, 3.63) is 44.0 Å². The first-order chi connectivity index (χ1) is 11.0. The van der Waals surface area contributed by atoms with Crippen LogP contribution >= 0.6 is 23.1 Å². The van der Waals surface area contributed by atoms with Gasteiger partial charge in [0, 0.05) is 29.1 Å². The van der Waals surface area contributed by atoms with E-state index in [0.717, 1.165) is 0 Å². The highest BCUT2D eigenvalue weighted by Gasteiger charge is 2.15. The number of thiophene rings is 1. The Bertz CT molecular complexity index is 711. The molecule has 2 aromatic rings. The first kappa shape index (κ1) is 17.7. The summed E-state index contributed by atoms with van der Waals surface area (Å²) in [6.45, 7) is 5.08. The van der Waals surface area contributed by atoms with Crippen molar-refractivity contribution >= 4 is 29.0 Å². The molecule has 0 aliphatic carbocycles. The molecule has 2 aromatic heterocycles. The molecular weight excluding hydrogens is 330 g/mol. The minimum atomic E-state index is -0.143. The van der Waals surface area contributed by atoms with Crippen LogP contribution < -0.4 is 5.56 Å². The fourth-order valence-electron chi connectivity index (χ4n) is 2.33. The van der Waals surface area contributed by atoms with E-state index in [2.05, 4.69) is 9.97 Å². The van der Waals surface area contributed by atoms with Crippen LogP contribution in [0.15, 0.2) is 27.5 Å². The maximum absolute atomic E-state index is 12.4. The van der Waals surface area contributed by atoms with Gasteiger partial charge in [-0.15, -0.1) is 11.3 Å². The minimum Gasteiger partial charge on any atom is -0.338 e. The Morgan fingerprint density at radius 2 is 2.26 bits per heavy atom. The van der Waals surface area contributed by atoms with Crippen LogP contribution in [-0.2, 0) is 17.8 Å². The van der Waals surface area contributed by atoms with Crippen molar-refractivity contribution in [1.82, 2.24) is 14.9 Å². The number of hydrogen-bond donors (Lipinski definition) is 1. The lowest BCUT2D eigenvalue weighted by Crippen LogP contribution is -2.31. The Kier molecular flexibility index (Phi) is 6.41. The van der Waals surface area contributed by atoms with Gasteiger partial charge >= 0.3 is 0 Å². The van der Waals surface area contributed by atoms with E-state index in [4.69, 9.17) is 0 Å². The summed E-state index contributed by atoms with van der Waals surface area (Å²) in [5.74, 6) is 0.0636. The highest BCUT2D eigenvalue weighted by Crippen LogP contribution is 2.14. The van der Waals surface area contributed by atoms with Gasteiger partial charge in [0.25, 0.3) is 5.56 Å². The fraction of sp³-hybridized carbons (Fsp3) is 0.438. The Balaban J connectivity index is 2.02. The zero-order chi connectivity index (χ0) is 16.8. The number of nitrogens with zero attached hydrogens (tertiary/aromatic N) is 2. The minimum absolute atomic E-state index is 0.0636. The summed E-state index contributed by atoms with van der Waals surface area (Å²) in [6.07, 6.45) is 2.61. The predicted octanol–water partition coefficient (Wildman–Crippen LogP) is 2.84. The summed E-state index contributed by atoms with van der Waals surface area (Å²) in [7, 11) is 0. The number of rotatable bonds is 7. The van der Waals surface area contributed by atoms with Crippen molar-refractivity contribution in [3.8, 4) is 0 Å². The van der Waals surface area contributed by atoms with Gasteiger partial charge in [-0.2, -0.15) is 0 Å². The number of thioether (sulfide) groups is 1. The third-order valence-corrected chi connectivity index (χ3v) is 5.09. The van der Waals surface area contributed by atoms with Crippen LogP contribution in [0.5, 0.6) is 0 Å². The molecule has 124 valence electrons. The number of hydrogen-bond acceptors (Lipinski definition) is 5. The van der Waals surface area contributed by atoms with Gasteiger partial charge in [0.15, 0.2) is 5.16 Å². The standard InChI is InChI=1S/C16H21N3O2S2/c1-4-19(10-12-6-5-9-23-12)14(20)8-7-13-11(2)17-16(22-3)18-15(13)21/h5-6,9H,4,7-8,10H2,1-3H3,(H,17,18,21). The van der Waals surface area contributed by atoms with Crippen molar-refractivity contribution in [3.63, 3.8) is 0 Å². The van der Waals surface area contributed by atoms with E-state index >= 15 is 0 Å². The first-order valence-electron chi connectivity index (χ1n) is 7.49. The molecule has 0 saturated heterocycles. The summed E-state index contributed by atoms with van der Waals surface area (Å²) in [6, 6.07) is 4.01. The predicted molar refractivity (Wildman–Crippen MR) is 95.1 cm³/mol. The number of H-pyrrole nitrogens is 1. The van der Waals surface area contributed by atoms with Crippen molar-refractivity contribution in [2.24, 2.45) is 0 Å². The monoisotopic (exact) mass is 351 g/mol. The van der Waals surface area contributed by atoms with E-state index < -0.39 is 0 Å². The Labute approximate surface area is 144 Å². The lowest BCUT2D eigenvalue weighted by Gasteiger charge is -2.20. The van der Waals surface area contributed by atoms with E-state index in [1.165, 1.54) is 16.6 Å². The van der Waals surface area contributed by atoms with Gasteiger partial charge in [-0.3, -0.25) is 9.59 Å². The van der Waals surface area contributed by atoms with Crippen LogP contribution in [0.2, 0.25) is 0 Å². The van der Waals surface area contributed by atoms with Crippen molar-refractivity contribution < 1.29 is 4.79 Å². The second-order valence-corrected chi connectivity index (χ2v) is 6.95. The summed E-state index contributed by atoms with van der Waals surface area (Å²) >= 11 is 3.05. The quantitative estimate of drug-likeness (QED) is 0.615. The number of carbonyl (C=O) groups is 1. The molecule has 0 aliphatic heterocycles. The maximum Gasteiger partial charge on any atom is 0.254 e. The maximum atomic E-state index is 12.4. The number of aromatic amines is 1. The van der Waals surface area contributed by atoms with Gasteiger partial charge in [0.05, 0.1) is 6.54 Å². The van der Waals surface area contributed by atoms with Gasteiger partial charge < -0.3 is 9.88 Å². The molecule has 1 N–H and O–H groups in total. The molecule has 2 rings (SSSR count). The lowest BCUT2D eigenvalue weighted by atomic mass is 10.1. The highest BCUT2D eigenvalue weighted by atomic mass is 32.2. The van der Waals surface area contributed by atoms with Gasteiger partial charge in [-0.25, -0.2) is 4.98 Å². The Morgan fingerprint density at radius 3 is 2.83 bits per heavy atom. The fourth-order valence-corrected chi connectivity index (χ4v) is 3.48. The normalized spacial score (nSPS) is 10.7. The lowest BCUT2D eigenvalue weighted by molar-refractivity contribution is -0.131. The molecule has 1 amide bonds. The van der Waals surface area contributed by atoms with Crippen LogP contribution in [0.4, 0.5) is 0 Å². The number of nitrogens with one attached hydrogen (secondary N) is 1. The van der Waals surface area contributed by atoms with Gasteiger partial charge in [-0.05, 0) is 38.0 Å². The molecule has 0 unspecified atom stereocenters. The molecule has 7 heteroatoms. The smallest absolute Gasteiger partial charge is 0.254 e. The summed E-state index contributed by atoms with van der Waals surface area (Å²) < 4.78 is 0. The molecule has 0 bridgehead atoms. The third-order valence-electron chi connectivity index (χ3n) is 3.64. The van der Waals surface area contributed by atoms with E-state index in [0.29, 0.717) is 42.3 Å². The molecule has 0 radical (unpaired) electrons. The average Bonchev–Trinajstić information content (AvgIpc) is 3.04. The van der Waals surface area contributed by atoms with Gasteiger partial charge in [0.1, 0.15) is 0 Å². The number of carbonyl (C=O) groups excluding carboxylic acids is 1. The van der Waals surface area contributed by atoms with E-state index in [1.807, 2.05) is 42.5 Å². The number of aryl methyl sites for hydroxylation is 1. The third kappa shape index (κ3) is 4.68. The van der Waals surface area contributed by atoms with Crippen molar-refractivity contribution in [2.45, 2.75) is 38.4 Å². The molecule has 0 atom stereocenters. The SMILES string of the molecule is CCN(Cc1cccs1)C(=O)CCc1c(C)nc(SC)[nH]c1=O. The molecule has 0 spiro atoms. The summed E-state index contributed by atoms with van der Waals surface area (Å²) in [5, 5.41) is 2.62. The van der Waals surface area contributed by atoms with Gasteiger partial charge in [-0.1, -0.05) is 17.8 Å². The first-order valence-corrected chi connectivity index (χ1v) is 9.59. The molecule has 0 saturated carbocycles. The Morgan fingerprint density at radius 1 is 1.48 bits per heavy atom. The van der Waals surface area contributed by atoms with E-state index in [9.17, 15) is 9.59 Å². The zero-order valence-corrected chi connectivity index (χ0v) is 15.2. The van der Waals surface area contributed by atoms with Crippen LogP contribution in [0.3, 0.4) is 0 Å². The second-order valence-electron chi connectivity index (χ2n) is 5.13. The molecule has 23 heavy (non-hydrogen) atoms. The second kappa shape index (κ2) is 8.31. The van der Waals surface area contributed by atoms with E-state index in [-0.39, 0.29) is 11.5 Å².